The molecule has 3 nitrogen and oxygen atoms in total. The number of Topliss-reactive ketones (excluding diaryl/α,β-unsaturated/α-hetero) is 1. The summed E-state index contributed by atoms with van der Waals surface area (Å²) in [6.45, 7) is 0. The Balaban J connectivity index is 2.46. The third-order valence-electron chi connectivity index (χ3n) is 2.42. The second-order valence-electron chi connectivity index (χ2n) is 3.34. The number of benzene rings is 1. The van der Waals surface area contributed by atoms with Gasteiger partial charge in [-0.2, -0.15) is 0 Å². The standard InChI is InChI=1S/C10H10O3S/c11-9-5-4-7-2-1-3-8(10(7)9)6-14(12)13/h1-3H,4-6H2,(H,12,13). The van der Waals surface area contributed by atoms with Gasteiger partial charge in [0.1, 0.15) is 0 Å². The largest absolute Gasteiger partial charge is 0.306 e. The SMILES string of the molecule is O=C1CCc2cccc(CS(=O)O)c21. The fourth-order valence-corrected chi connectivity index (χ4v) is 2.35. The Hall–Kier alpha value is -1.00. The van der Waals surface area contributed by atoms with Crippen LogP contribution in [0, 0.1) is 0 Å². The van der Waals surface area contributed by atoms with Crippen LogP contribution >= 0.6 is 0 Å². The molecule has 0 spiro atoms. The van der Waals surface area contributed by atoms with Gasteiger partial charge in [0.05, 0.1) is 5.75 Å². The Bertz CT molecular complexity index is 412. The van der Waals surface area contributed by atoms with Crippen molar-refractivity contribution in [2.24, 2.45) is 0 Å². The zero-order valence-electron chi connectivity index (χ0n) is 7.53. The minimum atomic E-state index is -1.88. The van der Waals surface area contributed by atoms with E-state index in [4.69, 9.17) is 4.55 Å². The van der Waals surface area contributed by atoms with E-state index in [2.05, 4.69) is 0 Å². The van der Waals surface area contributed by atoms with Crippen LogP contribution in [-0.2, 0) is 23.3 Å². The number of carbonyl (C=O) groups is 1. The van der Waals surface area contributed by atoms with Crippen molar-refractivity contribution >= 4 is 16.9 Å². The molecule has 1 atom stereocenters. The lowest BCUT2D eigenvalue weighted by Gasteiger charge is -2.04. The third kappa shape index (κ3) is 1.63. The monoisotopic (exact) mass is 210 g/mol. The van der Waals surface area contributed by atoms with Gasteiger partial charge in [0.2, 0.25) is 0 Å². The lowest BCUT2D eigenvalue weighted by atomic mass is 10.0. The van der Waals surface area contributed by atoms with Crippen molar-refractivity contribution in [1.82, 2.24) is 0 Å². The molecule has 0 aromatic heterocycles. The average molecular weight is 210 g/mol. The van der Waals surface area contributed by atoms with E-state index in [9.17, 15) is 9.00 Å². The summed E-state index contributed by atoms with van der Waals surface area (Å²) in [4.78, 5) is 11.5. The molecular formula is C10H10O3S. The molecule has 0 amide bonds. The number of hydrogen-bond acceptors (Lipinski definition) is 2. The molecule has 74 valence electrons. The van der Waals surface area contributed by atoms with Crippen LogP contribution in [-0.4, -0.2) is 14.5 Å². The minimum absolute atomic E-state index is 0.0505. The highest BCUT2D eigenvalue weighted by Gasteiger charge is 2.22. The fraction of sp³-hybridized carbons (Fsp3) is 0.300. The minimum Gasteiger partial charge on any atom is -0.306 e. The first-order valence-corrected chi connectivity index (χ1v) is 5.67. The van der Waals surface area contributed by atoms with E-state index in [1.807, 2.05) is 12.1 Å². The Labute approximate surface area is 84.4 Å². The Morgan fingerprint density at radius 3 is 2.86 bits per heavy atom. The van der Waals surface area contributed by atoms with Gasteiger partial charge in [-0.25, -0.2) is 4.21 Å². The molecule has 1 aliphatic carbocycles. The van der Waals surface area contributed by atoms with Gasteiger partial charge in [-0.15, -0.1) is 0 Å². The van der Waals surface area contributed by atoms with Gasteiger partial charge in [-0.05, 0) is 17.5 Å². The molecular weight excluding hydrogens is 200 g/mol. The van der Waals surface area contributed by atoms with E-state index in [1.165, 1.54) is 0 Å². The van der Waals surface area contributed by atoms with Crippen LogP contribution in [0.15, 0.2) is 18.2 Å². The Morgan fingerprint density at radius 2 is 2.14 bits per heavy atom. The second kappa shape index (κ2) is 3.63. The van der Waals surface area contributed by atoms with Crippen molar-refractivity contribution in [2.45, 2.75) is 18.6 Å². The first-order valence-electron chi connectivity index (χ1n) is 4.40. The molecule has 1 N–H and O–H groups in total. The molecule has 0 fully saturated rings. The molecule has 4 heteroatoms. The van der Waals surface area contributed by atoms with Gasteiger partial charge in [0.25, 0.3) is 0 Å². The molecule has 1 aliphatic rings. The number of rotatable bonds is 2. The van der Waals surface area contributed by atoms with Gasteiger partial charge in [-0.3, -0.25) is 4.79 Å². The van der Waals surface area contributed by atoms with Gasteiger partial charge in [-0.1, -0.05) is 18.2 Å². The first-order chi connectivity index (χ1) is 6.68. The molecule has 1 aromatic carbocycles. The number of hydrogen-bond donors (Lipinski definition) is 1. The lowest BCUT2D eigenvalue weighted by molar-refractivity contribution is 0.0994. The van der Waals surface area contributed by atoms with Crippen molar-refractivity contribution in [3.8, 4) is 0 Å². The highest BCUT2D eigenvalue weighted by molar-refractivity contribution is 7.78. The summed E-state index contributed by atoms with van der Waals surface area (Å²) in [5.74, 6) is 0.149. The summed E-state index contributed by atoms with van der Waals surface area (Å²) in [6.07, 6.45) is 1.30. The van der Waals surface area contributed by atoms with E-state index in [0.717, 1.165) is 12.0 Å². The third-order valence-corrected chi connectivity index (χ3v) is 2.97. The zero-order valence-corrected chi connectivity index (χ0v) is 8.34. The highest BCUT2D eigenvalue weighted by atomic mass is 32.2. The van der Waals surface area contributed by atoms with Crippen molar-refractivity contribution in [1.29, 1.82) is 0 Å². The summed E-state index contributed by atoms with van der Waals surface area (Å²) >= 11 is -1.88. The van der Waals surface area contributed by atoms with E-state index in [-0.39, 0.29) is 11.5 Å². The molecule has 0 heterocycles. The Morgan fingerprint density at radius 1 is 1.36 bits per heavy atom. The number of ketones is 1. The maximum Gasteiger partial charge on any atom is 0.163 e. The van der Waals surface area contributed by atoms with Gasteiger partial charge < -0.3 is 4.55 Å². The normalized spacial score (nSPS) is 16.8. The molecule has 0 aliphatic heterocycles. The quantitative estimate of drug-likeness (QED) is 0.753. The number of aryl methyl sites for hydroxylation is 1. The highest BCUT2D eigenvalue weighted by Crippen LogP contribution is 2.25. The summed E-state index contributed by atoms with van der Waals surface area (Å²) < 4.78 is 19.5. The second-order valence-corrected chi connectivity index (χ2v) is 4.27. The first kappa shape index (κ1) is 9.55. The van der Waals surface area contributed by atoms with Crippen molar-refractivity contribution < 1.29 is 13.6 Å². The molecule has 0 radical (unpaired) electrons. The molecule has 0 bridgehead atoms. The fourth-order valence-electron chi connectivity index (χ4n) is 1.85. The summed E-state index contributed by atoms with van der Waals surface area (Å²) in [5.41, 5.74) is 2.39. The number of carbonyl (C=O) groups excluding carboxylic acids is 1. The van der Waals surface area contributed by atoms with Crippen LogP contribution < -0.4 is 0 Å². The van der Waals surface area contributed by atoms with Crippen LogP contribution in [0.4, 0.5) is 0 Å². The summed E-state index contributed by atoms with van der Waals surface area (Å²) in [6, 6.07) is 5.49. The molecule has 0 saturated heterocycles. The van der Waals surface area contributed by atoms with Crippen LogP contribution in [0.5, 0.6) is 0 Å². The lowest BCUT2D eigenvalue weighted by Crippen LogP contribution is -2.02. The smallest absolute Gasteiger partial charge is 0.163 e. The van der Waals surface area contributed by atoms with Crippen molar-refractivity contribution in [3.63, 3.8) is 0 Å². The van der Waals surface area contributed by atoms with Crippen molar-refractivity contribution in [2.75, 3.05) is 0 Å². The topological polar surface area (TPSA) is 54.4 Å². The summed E-state index contributed by atoms with van der Waals surface area (Å²) in [5, 5.41) is 0. The molecule has 14 heavy (non-hydrogen) atoms. The van der Waals surface area contributed by atoms with Crippen molar-refractivity contribution in [3.05, 3.63) is 34.9 Å². The predicted molar refractivity (Wildman–Crippen MR) is 53.6 cm³/mol. The van der Waals surface area contributed by atoms with E-state index >= 15 is 0 Å². The maximum absolute atomic E-state index is 11.5. The average Bonchev–Trinajstić information content (AvgIpc) is 2.48. The van der Waals surface area contributed by atoms with Crippen LogP contribution in [0.1, 0.15) is 27.9 Å². The predicted octanol–water partition coefficient (Wildman–Crippen LogP) is 1.54. The van der Waals surface area contributed by atoms with Crippen LogP contribution in [0.25, 0.3) is 0 Å². The zero-order chi connectivity index (χ0) is 10.1. The van der Waals surface area contributed by atoms with Gasteiger partial charge >= 0.3 is 0 Å². The molecule has 2 rings (SSSR count). The van der Waals surface area contributed by atoms with Gasteiger partial charge in [0, 0.05) is 12.0 Å². The molecule has 0 saturated carbocycles. The number of fused-ring (bicyclic) bond motifs is 1. The van der Waals surface area contributed by atoms with E-state index in [0.29, 0.717) is 17.5 Å². The molecule has 1 aromatic rings. The molecule has 1 unspecified atom stereocenters. The van der Waals surface area contributed by atoms with Crippen LogP contribution in [0.3, 0.4) is 0 Å². The van der Waals surface area contributed by atoms with Crippen LogP contribution in [0.2, 0.25) is 0 Å². The van der Waals surface area contributed by atoms with E-state index < -0.39 is 11.1 Å². The Kier molecular flexibility index (Phi) is 2.48. The summed E-state index contributed by atoms with van der Waals surface area (Å²) in [7, 11) is 0. The van der Waals surface area contributed by atoms with E-state index in [1.54, 1.807) is 6.07 Å². The maximum atomic E-state index is 11.5. The van der Waals surface area contributed by atoms with Gasteiger partial charge in [0.15, 0.2) is 16.9 Å².